The molecule has 1 aliphatic heterocycles. The SMILES string of the molecule is O=C(O)C1CCCN(c2nc(-c3ccc(Oc4ccccc4)cc3)c(-c3cncnc3)s2)C1. The van der Waals surface area contributed by atoms with Crippen LogP contribution in [0.15, 0.2) is 73.3 Å². The van der Waals surface area contributed by atoms with Gasteiger partial charge in [-0.2, -0.15) is 0 Å². The lowest BCUT2D eigenvalue weighted by atomic mass is 9.99. The second-order valence-electron chi connectivity index (χ2n) is 7.86. The third kappa shape index (κ3) is 4.70. The fraction of sp³-hybridized carbons (Fsp3) is 0.200. The number of aliphatic carboxylic acids is 1. The number of benzene rings is 2. The number of nitrogens with zero attached hydrogens (tertiary/aromatic N) is 4. The maximum absolute atomic E-state index is 11.5. The summed E-state index contributed by atoms with van der Waals surface area (Å²) < 4.78 is 5.92. The van der Waals surface area contributed by atoms with Gasteiger partial charge in [-0.3, -0.25) is 4.79 Å². The highest BCUT2D eigenvalue weighted by atomic mass is 32.1. The summed E-state index contributed by atoms with van der Waals surface area (Å²) in [6, 6.07) is 17.5. The molecule has 1 N–H and O–H groups in total. The van der Waals surface area contributed by atoms with Crippen molar-refractivity contribution in [1.29, 1.82) is 0 Å². The number of hydrogen-bond donors (Lipinski definition) is 1. The van der Waals surface area contributed by atoms with Gasteiger partial charge in [0.1, 0.15) is 17.8 Å². The van der Waals surface area contributed by atoms with Gasteiger partial charge in [0.05, 0.1) is 16.5 Å². The number of carboxylic acid groups (broad SMARTS) is 1. The first-order valence-corrected chi connectivity index (χ1v) is 11.6. The van der Waals surface area contributed by atoms with Gasteiger partial charge < -0.3 is 14.7 Å². The molecule has 0 spiro atoms. The maximum atomic E-state index is 11.5. The largest absolute Gasteiger partial charge is 0.481 e. The number of piperidine rings is 1. The highest BCUT2D eigenvalue weighted by molar-refractivity contribution is 7.19. The second-order valence-corrected chi connectivity index (χ2v) is 8.84. The number of rotatable bonds is 6. The van der Waals surface area contributed by atoms with Gasteiger partial charge in [-0.05, 0) is 49.2 Å². The Balaban J connectivity index is 1.47. The van der Waals surface area contributed by atoms with Crippen LogP contribution in [0.4, 0.5) is 5.13 Å². The molecule has 7 nitrogen and oxygen atoms in total. The van der Waals surface area contributed by atoms with E-state index >= 15 is 0 Å². The summed E-state index contributed by atoms with van der Waals surface area (Å²) in [6.07, 6.45) is 6.59. The summed E-state index contributed by atoms with van der Waals surface area (Å²) in [5.41, 5.74) is 2.66. The van der Waals surface area contributed by atoms with E-state index in [-0.39, 0.29) is 5.92 Å². The zero-order chi connectivity index (χ0) is 22.6. The molecule has 0 amide bonds. The van der Waals surface area contributed by atoms with Crippen molar-refractivity contribution in [3.05, 3.63) is 73.3 Å². The molecule has 0 radical (unpaired) electrons. The Bertz CT molecular complexity index is 1230. The molecule has 2 aromatic carbocycles. The molecule has 1 atom stereocenters. The molecular weight excluding hydrogens is 436 g/mol. The Morgan fingerprint density at radius 3 is 2.45 bits per heavy atom. The molecule has 8 heteroatoms. The van der Waals surface area contributed by atoms with Crippen LogP contribution in [0.3, 0.4) is 0 Å². The summed E-state index contributed by atoms with van der Waals surface area (Å²) in [4.78, 5) is 27.9. The third-order valence-corrected chi connectivity index (χ3v) is 6.75. The predicted octanol–water partition coefficient (Wildman–Crippen LogP) is 5.36. The van der Waals surface area contributed by atoms with Gasteiger partial charge in [0.25, 0.3) is 0 Å². The lowest BCUT2D eigenvalue weighted by molar-refractivity contribution is -0.141. The summed E-state index contributed by atoms with van der Waals surface area (Å²) in [5.74, 6) is 0.401. The average molecular weight is 459 g/mol. The summed E-state index contributed by atoms with van der Waals surface area (Å²) >= 11 is 1.55. The lowest BCUT2D eigenvalue weighted by Crippen LogP contribution is -2.38. The highest BCUT2D eigenvalue weighted by Gasteiger charge is 2.28. The molecule has 5 rings (SSSR count). The van der Waals surface area contributed by atoms with E-state index in [4.69, 9.17) is 9.72 Å². The lowest BCUT2D eigenvalue weighted by Gasteiger charge is -2.30. The van der Waals surface area contributed by atoms with E-state index < -0.39 is 5.97 Å². The minimum Gasteiger partial charge on any atom is -0.481 e. The second kappa shape index (κ2) is 9.38. The van der Waals surface area contributed by atoms with Gasteiger partial charge in [-0.25, -0.2) is 15.0 Å². The molecule has 3 heterocycles. The molecule has 1 fully saturated rings. The number of hydrogen-bond acceptors (Lipinski definition) is 7. The first kappa shape index (κ1) is 21.1. The van der Waals surface area contributed by atoms with Gasteiger partial charge >= 0.3 is 5.97 Å². The number of carbonyl (C=O) groups is 1. The van der Waals surface area contributed by atoms with Crippen molar-refractivity contribution in [2.24, 2.45) is 5.92 Å². The topological polar surface area (TPSA) is 88.4 Å². The van der Waals surface area contributed by atoms with Crippen molar-refractivity contribution < 1.29 is 14.6 Å². The number of aromatic nitrogens is 3. The van der Waals surface area contributed by atoms with E-state index in [1.54, 1.807) is 23.7 Å². The standard InChI is InChI=1S/C25H22N4O3S/c30-24(31)18-5-4-12-29(15-18)25-28-22(23(33-25)19-13-26-16-27-14-19)17-8-10-21(11-9-17)32-20-6-2-1-3-7-20/h1-3,6-11,13-14,16,18H,4-5,12,15H2,(H,30,31). The fourth-order valence-electron chi connectivity index (χ4n) is 3.91. The summed E-state index contributed by atoms with van der Waals surface area (Å²) in [5, 5.41) is 10.3. The molecule has 2 aromatic heterocycles. The van der Waals surface area contributed by atoms with Crippen LogP contribution < -0.4 is 9.64 Å². The van der Waals surface area contributed by atoms with Crippen molar-refractivity contribution in [1.82, 2.24) is 15.0 Å². The smallest absolute Gasteiger partial charge is 0.308 e. The molecule has 4 aromatic rings. The van der Waals surface area contributed by atoms with Crippen LogP contribution in [0.1, 0.15) is 12.8 Å². The van der Waals surface area contributed by atoms with Crippen molar-refractivity contribution >= 4 is 22.4 Å². The van der Waals surface area contributed by atoms with Crippen LogP contribution in [0, 0.1) is 5.92 Å². The van der Waals surface area contributed by atoms with Gasteiger partial charge in [-0.1, -0.05) is 29.5 Å². The first-order valence-electron chi connectivity index (χ1n) is 10.7. The molecule has 1 saturated heterocycles. The summed E-state index contributed by atoms with van der Waals surface area (Å²) in [7, 11) is 0. The summed E-state index contributed by atoms with van der Waals surface area (Å²) in [6.45, 7) is 1.27. The normalized spacial score (nSPS) is 15.9. The zero-order valence-electron chi connectivity index (χ0n) is 17.8. The van der Waals surface area contributed by atoms with Crippen LogP contribution in [-0.4, -0.2) is 39.1 Å². The Kier molecular flexibility index (Phi) is 5.99. The first-order chi connectivity index (χ1) is 16.2. The zero-order valence-corrected chi connectivity index (χ0v) is 18.6. The van der Waals surface area contributed by atoms with E-state index in [2.05, 4.69) is 14.9 Å². The van der Waals surface area contributed by atoms with Crippen LogP contribution >= 0.6 is 11.3 Å². The van der Waals surface area contributed by atoms with Crippen molar-refractivity contribution in [2.45, 2.75) is 12.8 Å². The maximum Gasteiger partial charge on any atom is 0.308 e. The van der Waals surface area contributed by atoms with Crippen LogP contribution in [-0.2, 0) is 4.79 Å². The predicted molar refractivity (Wildman–Crippen MR) is 128 cm³/mol. The van der Waals surface area contributed by atoms with E-state index in [1.165, 1.54) is 6.33 Å². The highest BCUT2D eigenvalue weighted by Crippen LogP contribution is 2.41. The van der Waals surface area contributed by atoms with Crippen molar-refractivity contribution in [2.75, 3.05) is 18.0 Å². The van der Waals surface area contributed by atoms with E-state index in [9.17, 15) is 9.90 Å². The Morgan fingerprint density at radius 2 is 1.73 bits per heavy atom. The Labute approximate surface area is 195 Å². The minimum absolute atomic E-state index is 0.371. The van der Waals surface area contributed by atoms with Gasteiger partial charge in [0.2, 0.25) is 0 Å². The molecule has 1 unspecified atom stereocenters. The number of ether oxygens (including phenoxy) is 1. The Hall–Kier alpha value is -3.78. The molecular formula is C25H22N4O3S. The monoisotopic (exact) mass is 458 g/mol. The van der Waals surface area contributed by atoms with Gasteiger partial charge in [0.15, 0.2) is 5.13 Å². The number of carboxylic acids is 1. The number of anilines is 1. The quantitative estimate of drug-likeness (QED) is 0.416. The molecule has 0 saturated carbocycles. The average Bonchev–Trinajstić information content (AvgIpc) is 3.31. The number of thiazole rings is 1. The van der Waals surface area contributed by atoms with E-state index in [0.717, 1.165) is 51.3 Å². The third-order valence-electron chi connectivity index (χ3n) is 5.59. The van der Waals surface area contributed by atoms with E-state index in [1.807, 2.05) is 54.6 Å². The van der Waals surface area contributed by atoms with Crippen LogP contribution in [0.2, 0.25) is 0 Å². The van der Waals surface area contributed by atoms with Gasteiger partial charge in [0, 0.05) is 36.6 Å². The number of para-hydroxylation sites is 1. The van der Waals surface area contributed by atoms with Crippen molar-refractivity contribution in [3.8, 4) is 33.2 Å². The molecule has 0 bridgehead atoms. The molecule has 33 heavy (non-hydrogen) atoms. The Morgan fingerprint density at radius 1 is 1.00 bits per heavy atom. The van der Waals surface area contributed by atoms with E-state index in [0.29, 0.717) is 13.0 Å². The van der Waals surface area contributed by atoms with Crippen molar-refractivity contribution in [3.63, 3.8) is 0 Å². The molecule has 0 aliphatic carbocycles. The van der Waals surface area contributed by atoms with Gasteiger partial charge in [-0.15, -0.1) is 0 Å². The fourth-order valence-corrected chi connectivity index (χ4v) is 5.01. The van der Waals surface area contributed by atoms with Crippen LogP contribution in [0.5, 0.6) is 11.5 Å². The molecule has 166 valence electrons. The van der Waals surface area contributed by atoms with Crippen LogP contribution in [0.25, 0.3) is 21.7 Å². The molecule has 1 aliphatic rings. The minimum atomic E-state index is -0.748.